The van der Waals surface area contributed by atoms with Gasteiger partial charge in [0.25, 0.3) is 0 Å². The first-order valence-electron chi connectivity index (χ1n) is 9.90. The molecule has 1 aromatic heterocycles. The number of halogens is 1. The minimum atomic E-state index is -0.913. The van der Waals surface area contributed by atoms with E-state index >= 15 is 0 Å². The summed E-state index contributed by atoms with van der Waals surface area (Å²) < 4.78 is 11.0. The molecule has 0 radical (unpaired) electrons. The predicted octanol–water partition coefficient (Wildman–Crippen LogP) is 0.834. The van der Waals surface area contributed by atoms with Crippen LogP contribution < -0.4 is 0 Å². The van der Waals surface area contributed by atoms with E-state index in [2.05, 4.69) is 15.6 Å². The van der Waals surface area contributed by atoms with Crippen LogP contribution in [0.15, 0.2) is 18.2 Å². The fraction of sp³-hybridized carbons (Fsp3) is 0.579. The van der Waals surface area contributed by atoms with Gasteiger partial charge in [-0.25, -0.2) is 0 Å². The van der Waals surface area contributed by atoms with Gasteiger partial charge in [0.05, 0.1) is 0 Å². The molecular formula is C19H27ClN5O5P. The van der Waals surface area contributed by atoms with Crippen molar-refractivity contribution in [2.45, 2.75) is 6.54 Å². The molecule has 1 aliphatic heterocycles. The van der Waals surface area contributed by atoms with Crippen molar-refractivity contribution >= 4 is 31.5 Å². The maximum absolute atomic E-state index is 11.3. The van der Waals surface area contributed by atoms with Crippen molar-refractivity contribution in [3.8, 4) is 5.75 Å². The summed E-state index contributed by atoms with van der Waals surface area (Å²) in [5.74, 6) is 0.876. The molecule has 0 bridgehead atoms. The molecule has 10 nitrogen and oxygen atoms in total. The summed E-state index contributed by atoms with van der Waals surface area (Å²) in [6.45, 7) is 4.29. The van der Waals surface area contributed by atoms with E-state index in [4.69, 9.17) is 11.6 Å². The van der Waals surface area contributed by atoms with Crippen LogP contribution in [0.2, 0.25) is 5.15 Å². The quantitative estimate of drug-likeness (QED) is 0.456. The van der Waals surface area contributed by atoms with Crippen molar-refractivity contribution in [3.63, 3.8) is 0 Å². The first-order chi connectivity index (χ1) is 14.9. The Morgan fingerprint density at radius 3 is 1.94 bits per heavy atom. The number of nitrogens with zero attached hydrogens (tertiary/aromatic N) is 5. The number of pyridine rings is 1. The molecule has 12 heteroatoms. The zero-order valence-electron chi connectivity index (χ0n) is 17.2. The van der Waals surface area contributed by atoms with Crippen molar-refractivity contribution in [1.82, 2.24) is 24.6 Å². The van der Waals surface area contributed by atoms with Crippen molar-refractivity contribution < 1.29 is 24.4 Å². The Bertz CT molecular complexity index is 823. The molecule has 2 rings (SSSR count). The van der Waals surface area contributed by atoms with Crippen molar-refractivity contribution in [3.05, 3.63) is 29.0 Å². The molecule has 0 spiro atoms. The summed E-state index contributed by atoms with van der Waals surface area (Å²) >= 11 is 6.00. The molecule has 2 heterocycles. The summed E-state index contributed by atoms with van der Waals surface area (Å²) in [5.41, 5.74) is 0.791. The molecule has 1 fully saturated rings. The van der Waals surface area contributed by atoms with Gasteiger partial charge in [0.15, 0.2) is 0 Å². The van der Waals surface area contributed by atoms with Gasteiger partial charge in [0, 0.05) is 0 Å². The number of carboxylic acid groups (broad SMARTS) is 2. The molecule has 0 atom stereocenters. The van der Waals surface area contributed by atoms with E-state index in [1.807, 2.05) is 21.9 Å². The van der Waals surface area contributed by atoms with Crippen LogP contribution in [0, 0.1) is 5.75 Å². The Kier molecular flexibility index (Phi) is 11.2. The standard InChI is InChI=1S/C19H27ClN5O5P/c20-17-3-1-2-16(21-17)12-22-4-6-23(13-18(26)27)8-10-25(15-31-30)11-9-24(7-5-22)14-19(28)29/h1-3H,4-14H2,(H,26,27)(H,28,29). The van der Waals surface area contributed by atoms with Crippen LogP contribution in [0.4, 0.5) is 0 Å². The van der Waals surface area contributed by atoms with Gasteiger partial charge >= 0.3 is 170 Å². The molecule has 1 saturated heterocycles. The van der Waals surface area contributed by atoms with Crippen molar-refractivity contribution in [2.75, 3.05) is 65.4 Å². The van der Waals surface area contributed by atoms with Crippen LogP contribution in [-0.2, 0) is 20.7 Å². The van der Waals surface area contributed by atoms with E-state index in [0.717, 1.165) is 5.69 Å². The van der Waals surface area contributed by atoms with Crippen molar-refractivity contribution in [1.29, 1.82) is 0 Å². The average Bonchev–Trinajstić information content (AvgIpc) is 2.69. The second-order valence-electron chi connectivity index (χ2n) is 7.25. The number of hydrogen-bond donors (Lipinski definition) is 2. The fourth-order valence-corrected chi connectivity index (χ4v) is 3.82. The zero-order valence-corrected chi connectivity index (χ0v) is 18.8. The molecule has 0 unspecified atom stereocenters. The predicted molar refractivity (Wildman–Crippen MR) is 116 cm³/mol. The zero-order chi connectivity index (χ0) is 22.6. The van der Waals surface area contributed by atoms with Gasteiger partial charge in [-0.05, 0) is 6.07 Å². The summed E-state index contributed by atoms with van der Waals surface area (Å²) in [6, 6.07) is 5.40. The normalized spacial score (nSPS) is 18.5. The molecular weight excluding hydrogens is 445 g/mol. The Hall–Kier alpha value is -1.77. The van der Waals surface area contributed by atoms with E-state index < -0.39 is 11.9 Å². The first-order valence-corrected chi connectivity index (χ1v) is 11.1. The second-order valence-corrected chi connectivity index (χ2v) is 8.02. The van der Waals surface area contributed by atoms with E-state index in [0.29, 0.717) is 64.1 Å². The third-order valence-electron chi connectivity index (χ3n) is 4.90. The molecule has 170 valence electrons. The molecule has 31 heavy (non-hydrogen) atoms. The monoisotopic (exact) mass is 471 g/mol. The van der Waals surface area contributed by atoms with Crippen LogP contribution in [0.25, 0.3) is 0 Å². The van der Waals surface area contributed by atoms with E-state index in [-0.39, 0.29) is 21.0 Å². The Labute approximate surface area is 187 Å². The van der Waals surface area contributed by atoms with Crippen LogP contribution in [0.1, 0.15) is 5.69 Å². The number of aliphatic carboxylic acids is 2. The Morgan fingerprint density at radius 1 is 0.935 bits per heavy atom. The molecule has 0 aromatic carbocycles. The van der Waals surface area contributed by atoms with Gasteiger partial charge in [-0.3, -0.25) is 0 Å². The van der Waals surface area contributed by atoms with Gasteiger partial charge in [-0.2, -0.15) is 0 Å². The van der Waals surface area contributed by atoms with Gasteiger partial charge in [-0.15, -0.1) is 0 Å². The molecule has 0 saturated carbocycles. The summed E-state index contributed by atoms with van der Waals surface area (Å²) in [4.78, 5) is 34.4. The number of carbonyl (C=O) groups is 2. The molecule has 0 aliphatic carbocycles. The van der Waals surface area contributed by atoms with Gasteiger partial charge in [0.2, 0.25) is 0 Å². The molecule has 0 amide bonds. The topological polar surface area (TPSA) is 118 Å². The number of carboxylic acids is 2. The van der Waals surface area contributed by atoms with Gasteiger partial charge < -0.3 is 0 Å². The van der Waals surface area contributed by atoms with E-state index in [1.165, 1.54) is 0 Å². The van der Waals surface area contributed by atoms with Crippen LogP contribution >= 0.6 is 19.5 Å². The summed E-state index contributed by atoms with van der Waals surface area (Å²) in [6.07, 6.45) is 0. The van der Waals surface area contributed by atoms with Gasteiger partial charge in [0.1, 0.15) is 0 Å². The van der Waals surface area contributed by atoms with E-state index in [1.54, 1.807) is 11.0 Å². The van der Waals surface area contributed by atoms with E-state index in [9.17, 15) is 24.4 Å². The van der Waals surface area contributed by atoms with Gasteiger partial charge in [-0.1, -0.05) is 11.6 Å². The summed E-state index contributed by atoms with van der Waals surface area (Å²) in [7, 11) is -0.265. The number of hydrogen-bond acceptors (Lipinski definition) is 8. The third kappa shape index (κ3) is 10.4. The fourth-order valence-electron chi connectivity index (χ4n) is 3.32. The molecule has 1 aliphatic rings. The first kappa shape index (κ1) is 25.5. The third-order valence-corrected chi connectivity index (χ3v) is 5.47. The Balaban J connectivity index is 2.17. The van der Waals surface area contributed by atoms with Crippen LogP contribution in [-0.4, -0.2) is 112 Å². The maximum atomic E-state index is 11.3. The second kappa shape index (κ2) is 13.6. The Morgan fingerprint density at radius 2 is 1.45 bits per heavy atom. The number of rotatable bonds is 6. The molecule has 2 N–H and O–H groups in total. The minimum absolute atomic E-state index is 0.0999. The molecule has 1 aromatic rings. The average molecular weight is 472 g/mol. The SMILES string of the molecule is O=P#CN1CCN(CC(=O)O)CCN(Cc2cccc(Cl)n2)CCN(CC(=O)O)CC1. The van der Waals surface area contributed by atoms with Crippen molar-refractivity contribution in [2.24, 2.45) is 0 Å². The summed E-state index contributed by atoms with van der Waals surface area (Å²) in [5, 5.41) is 18.9. The number of aromatic nitrogens is 1. The van der Waals surface area contributed by atoms with Crippen LogP contribution in [0.3, 0.4) is 0 Å². The van der Waals surface area contributed by atoms with Crippen LogP contribution in [0.5, 0.6) is 0 Å².